The molecule has 0 fully saturated rings. The Bertz CT molecular complexity index is 1440. The molecule has 39 heavy (non-hydrogen) atoms. The van der Waals surface area contributed by atoms with E-state index in [9.17, 15) is 9.59 Å². The maximum atomic E-state index is 12.3. The number of nitriles is 1. The van der Waals surface area contributed by atoms with Gasteiger partial charge in [-0.1, -0.05) is 49.7 Å². The van der Waals surface area contributed by atoms with E-state index in [1.807, 2.05) is 29.6 Å². The van der Waals surface area contributed by atoms with Crippen molar-refractivity contribution >= 4 is 34.0 Å². The first-order valence-electron chi connectivity index (χ1n) is 12.9. The van der Waals surface area contributed by atoms with Gasteiger partial charge in [-0.05, 0) is 60.4 Å². The summed E-state index contributed by atoms with van der Waals surface area (Å²) in [6.45, 7) is 2.83. The van der Waals surface area contributed by atoms with Gasteiger partial charge in [-0.25, -0.2) is 4.98 Å². The molecule has 0 saturated heterocycles. The smallest absolute Gasteiger partial charge is 0.305 e. The number of anilines is 2. The highest BCUT2D eigenvalue weighted by Crippen LogP contribution is 2.34. The number of hydrogen-bond acceptors (Lipinski definition) is 6. The molecule has 3 aromatic carbocycles. The molecule has 0 bridgehead atoms. The SMILES string of the molecule is CCCCc1ccc(N(Cc2ccc(C(=O)NCCC(=O)O)cc2)c2nc(-c3ccc(C#N)cc3)cs2)cc1. The Morgan fingerprint density at radius 2 is 1.69 bits per heavy atom. The van der Waals surface area contributed by atoms with Crippen LogP contribution in [0.3, 0.4) is 0 Å². The molecule has 0 unspecified atom stereocenters. The maximum absolute atomic E-state index is 12.3. The normalized spacial score (nSPS) is 10.6. The van der Waals surface area contributed by atoms with E-state index >= 15 is 0 Å². The number of nitrogens with one attached hydrogen (secondary N) is 1. The number of thiazole rings is 1. The number of carboxylic acids is 1. The van der Waals surface area contributed by atoms with Gasteiger partial charge in [0.25, 0.3) is 5.91 Å². The zero-order chi connectivity index (χ0) is 27.6. The van der Waals surface area contributed by atoms with Crippen molar-refractivity contribution in [1.29, 1.82) is 5.26 Å². The van der Waals surface area contributed by atoms with Crippen LogP contribution < -0.4 is 10.2 Å². The second-order valence-electron chi connectivity index (χ2n) is 9.16. The Morgan fingerprint density at radius 3 is 2.33 bits per heavy atom. The lowest BCUT2D eigenvalue weighted by Gasteiger charge is -2.23. The van der Waals surface area contributed by atoms with Crippen molar-refractivity contribution in [3.63, 3.8) is 0 Å². The van der Waals surface area contributed by atoms with Gasteiger partial charge >= 0.3 is 5.97 Å². The molecule has 198 valence electrons. The molecule has 0 radical (unpaired) electrons. The molecule has 1 amide bonds. The average molecular weight is 539 g/mol. The molecule has 4 aromatic rings. The number of aliphatic carboxylic acids is 1. The van der Waals surface area contributed by atoms with Crippen molar-refractivity contribution in [1.82, 2.24) is 10.3 Å². The van der Waals surface area contributed by atoms with E-state index in [1.54, 1.807) is 35.6 Å². The van der Waals surface area contributed by atoms with Gasteiger partial charge in [0.05, 0.1) is 30.3 Å². The van der Waals surface area contributed by atoms with Crippen molar-refractivity contribution in [2.75, 3.05) is 11.4 Å². The number of amides is 1. The van der Waals surface area contributed by atoms with Crippen LogP contribution in [0.15, 0.2) is 78.2 Å². The van der Waals surface area contributed by atoms with Crippen LogP contribution in [0.5, 0.6) is 0 Å². The molecule has 0 saturated carbocycles. The van der Waals surface area contributed by atoms with E-state index in [2.05, 4.69) is 47.5 Å². The fraction of sp³-hybridized carbons (Fsp3) is 0.226. The zero-order valence-electron chi connectivity index (χ0n) is 21.8. The minimum atomic E-state index is -0.950. The lowest BCUT2D eigenvalue weighted by atomic mass is 10.1. The maximum Gasteiger partial charge on any atom is 0.305 e. The van der Waals surface area contributed by atoms with Crippen molar-refractivity contribution in [2.45, 2.75) is 39.2 Å². The predicted octanol–water partition coefficient (Wildman–Crippen LogP) is 6.57. The number of carboxylic acid groups (broad SMARTS) is 1. The van der Waals surface area contributed by atoms with E-state index in [1.165, 1.54) is 5.56 Å². The van der Waals surface area contributed by atoms with Crippen LogP contribution in [0.4, 0.5) is 10.8 Å². The number of hydrogen-bond donors (Lipinski definition) is 2. The van der Waals surface area contributed by atoms with Crippen molar-refractivity contribution in [3.05, 3.63) is 100 Å². The van der Waals surface area contributed by atoms with E-state index in [4.69, 9.17) is 15.4 Å². The molecule has 0 aliphatic heterocycles. The Morgan fingerprint density at radius 1 is 1.00 bits per heavy atom. The number of carbonyl (C=O) groups excluding carboxylic acids is 1. The average Bonchev–Trinajstić information content (AvgIpc) is 3.45. The molecule has 0 aliphatic rings. The number of benzene rings is 3. The van der Waals surface area contributed by atoms with Gasteiger partial charge in [0.1, 0.15) is 0 Å². The summed E-state index contributed by atoms with van der Waals surface area (Å²) in [4.78, 5) is 30.1. The van der Waals surface area contributed by atoms with Crippen molar-refractivity contribution in [3.8, 4) is 17.3 Å². The summed E-state index contributed by atoms with van der Waals surface area (Å²) in [6.07, 6.45) is 3.24. The monoisotopic (exact) mass is 538 g/mol. The summed E-state index contributed by atoms with van der Waals surface area (Å²) in [5.74, 6) is -1.25. The van der Waals surface area contributed by atoms with Crippen LogP contribution in [-0.2, 0) is 17.8 Å². The second kappa shape index (κ2) is 13.4. The van der Waals surface area contributed by atoms with Gasteiger partial charge in [-0.15, -0.1) is 11.3 Å². The van der Waals surface area contributed by atoms with E-state index in [0.717, 1.165) is 46.9 Å². The number of aromatic nitrogens is 1. The van der Waals surface area contributed by atoms with Gasteiger partial charge in [0.15, 0.2) is 5.13 Å². The van der Waals surface area contributed by atoms with Gasteiger partial charge in [-0.2, -0.15) is 5.26 Å². The number of rotatable bonds is 12. The van der Waals surface area contributed by atoms with Gasteiger partial charge in [0.2, 0.25) is 0 Å². The molecule has 1 heterocycles. The van der Waals surface area contributed by atoms with Crippen LogP contribution in [0.1, 0.15) is 53.2 Å². The highest BCUT2D eigenvalue weighted by Gasteiger charge is 2.16. The molecule has 4 rings (SSSR count). The van der Waals surface area contributed by atoms with Crippen LogP contribution >= 0.6 is 11.3 Å². The summed E-state index contributed by atoms with van der Waals surface area (Å²) in [5.41, 5.74) is 6.21. The molecular formula is C31H30N4O3S. The van der Waals surface area contributed by atoms with E-state index < -0.39 is 5.97 Å². The molecule has 2 N–H and O–H groups in total. The van der Waals surface area contributed by atoms with Crippen LogP contribution in [0.2, 0.25) is 0 Å². The number of unbranched alkanes of at least 4 members (excludes halogenated alkanes) is 1. The largest absolute Gasteiger partial charge is 0.481 e. The molecule has 0 atom stereocenters. The highest BCUT2D eigenvalue weighted by molar-refractivity contribution is 7.14. The van der Waals surface area contributed by atoms with Gasteiger partial charge in [0, 0.05) is 28.7 Å². The Balaban J connectivity index is 1.57. The first-order valence-corrected chi connectivity index (χ1v) is 13.8. The molecule has 7 nitrogen and oxygen atoms in total. The molecule has 0 aliphatic carbocycles. The quantitative estimate of drug-likeness (QED) is 0.211. The van der Waals surface area contributed by atoms with Gasteiger partial charge < -0.3 is 15.3 Å². The van der Waals surface area contributed by atoms with Crippen molar-refractivity contribution in [2.24, 2.45) is 0 Å². The number of aryl methyl sites for hydroxylation is 1. The van der Waals surface area contributed by atoms with E-state index in [-0.39, 0.29) is 18.9 Å². The standard InChI is InChI=1S/C31H30N4O3S/c1-2-3-4-22-9-15-27(16-10-22)35(31-34-28(21-39-31)25-11-5-23(19-32)6-12-25)20-24-7-13-26(14-8-24)30(38)33-18-17-29(36)37/h5-16,21H,2-4,17-18,20H2,1H3,(H,33,38)(H,36,37). The summed E-state index contributed by atoms with van der Waals surface area (Å²) < 4.78 is 0. The minimum Gasteiger partial charge on any atom is -0.481 e. The summed E-state index contributed by atoms with van der Waals surface area (Å²) in [5, 5.41) is 23.4. The highest BCUT2D eigenvalue weighted by atomic mass is 32.1. The first kappa shape index (κ1) is 27.6. The number of carbonyl (C=O) groups is 2. The third kappa shape index (κ3) is 7.53. The summed E-state index contributed by atoms with van der Waals surface area (Å²) >= 11 is 1.55. The molecule has 0 spiro atoms. The first-order chi connectivity index (χ1) is 19.0. The molecular weight excluding hydrogens is 508 g/mol. The predicted molar refractivity (Wildman–Crippen MR) is 154 cm³/mol. The Kier molecular flexibility index (Phi) is 9.44. The van der Waals surface area contributed by atoms with Crippen LogP contribution in [0.25, 0.3) is 11.3 Å². The van der Waals surface area contributed by atoms with Crippen LogP contribution in [-0.4, -0.2) is 28.5 Å². The van der Waals surface area contributed by atoms with E-state index in [0.29, 0.717) is 17.7 Å². The number of nitrogens with zero attached hydrogens (tertiary/aromatic N) is 3. The lowest BCUT2D eigenvalue weighted by molar-refractivity contribution is -0.136. The lowest BCUT2D eigenvalue weighted by Crippen LogP contribution is -2.26. The fourth-order valence-electron chi connectivity index (χ4n) is 4.06. The summed E-state index contributed by atoms with van der Waals surface area (Å²) in [7, 11) is 0. The Hall–Kier alpha value is -4.48. The zero-order valence-corrected chi connectivity index (χ0v) is 22.6. The minimum absolute atomic E-state index is 0.0869. The topological polar surface area (TPSA) is 106 Å². The van der Waals surface area contributed by atoms with Gasteiger partial charge in [-0.3, -0.25) is 9.59 Å². The summed E-state index contributed by atoms with van der Waals surface area (Å²) in [6, 6.07) is 25.4. The third-order valence-corrected chi connectivity index (χ3v) is 7.14. The molecule has 1 aromatic heterocycles. The third-order valence-electron chi connectivity index (χ3n) is 6.28. The second-order valence-corrected chi connectivity index (χ2v) is 9.99. The molecule has 8 heteroatoms. The Labute approximate surface area is 232 Å². The fourth-order valence-corrected chi connectivity index (χ4v) is 4.91. The van der Waals surface area contributed by atoms with Crippen LogP contribution in [0, 0.1) is 11.3 Å². The van der Waals surface area contributed by atoms with Crippen molar-refractivity contribution < 1.29 is 14.7 Å².